The molecule has 15 heteroatoms. The lowest BCUT2D eigenvalue weighted by atomic mass is 9.48. The Labute approximate surface area is 554 Å². The molecule has 8 unspecified atom stereocenters. The summed E-state index contributed by atoms with van der Waals surface area (Å²) in [5.74, 6) is 8.46. The molecule has 8 atom stereocenters. The van der Waals surface area contributed by atoms with Crippen LogP contribution in [0.15, 0.2) is 133 Å². The molecule has 506 valence electrons. The molecule has 2 aromatic heterocycles. The Bertz CT molecular complexity index is 2790. The van der Waals surface area contributed by atoms with Crippen molar-refractivity contribution in [3.63, 3.8) is 0 Å². The summed E-state index contributed by atoms with van der Waals surface area (Å²) < 4.78 is 30.3. The smallest absolute Gasteiger partial charge is 0.331 e. The van der Waals surface area contributed by atoms with Gasteiger partial charge in [-0.25, -0.2) is 0 Å². The van der Waals surface area contributed by atoms with E-state index in [1.807, 2.05) is 121 Å². The van der Waals surface area contributed by atoms with Crippen LogP contribution in [0, 0.1) is 46.3 Å². The first-order valence-electron chi connectivity index (χ1n) is 35.1. The number of aryl methyl sites for hydroxylation is 1. The molecule has 0 saturated heterocycles. The van der Waals surface area contributed by atoms with E-state index in [9.17, 15) is 0 Å². The topological polar surface area (TPSA) is 228 Å². The second-order valence-electron chi connectivity index (χ2n) is 26.0. The molecule has 0 bridgehead atoms. The Balaban J connectivity index is 0.000000312. The lowest BCUT2D eigenvalue weighted by Gasteiger charge is -2.57. The van der Waals surface area contributed by atoms with Crippen LogP contribution in [0.25, 0.3) is 0 Å². The lowest BCUT2D eigenvalue weighted by Crippen LogP contribution is -2.48. The molecular formula is C77H118N10O5. The Morgan fingerprint density at radius 3 is 1.33 bits per heavy atom. The van der Waals surface area contributed by atoms with Gasteiger partial charge in [0.1, 0.15) is 34.9 Å². The summed E-state index contributed by atoms with van der Waals surface area (Å²) in [6.07, 6.45) is 36.3. The van der Waals surface area contributed by atoms with E-state index in [2.05, 4.69) is 100 Å². The zero-order chi connectivity index (χ0) is 66.4. The largest absolute Gasteiger partial charge is 0.460 e. The van der Waals surface area contributed by atoms with Gasteiger partial charge in [-0.05, 0) is 174 Å². The molecule has 4 aliphatic rings. The van der Waals surface area contributed by atoms with Crippen molar-refractivity contribution in [3.8, 4) is 53.1 Å². The number of aromatic nitrogens is 6. The number of ether oxygens (including phenoxy) is 5. The van der Waals surface area contributed by atoms with Crippen LogP contribution in [0.2, 0.25) is 0 Å². The third-order valence-corrected chi connectivity index (χ3v) is 19.1. The van der Waals surface area contributed by atoms with Crippen LogP contribution in [-0.4, -0.2) is 64.2 Å². The molecule has 6 aromatic rings. The van der Waals surface area contributed by atoms with Gasteiger partial charge in [0, 0.05) is 12.8 Å². The number of benzene rings is 4. The molecule has 0 amide bonds. The number of fused-ring (bicyclic) bond motifs is 4. The minimum absolute atomic E-state index is 0.00639. The summed E-state index contributed by atoms with van der Waals surface area (Å²) in [6.45, 7) is 14.8. The number of nitrogens with two attached hydrogens (primary N) is 4. The fourth-order valence-corrected chi connectivity index (χ4v) is 14.2. The fraction of sp³-hybridized carbons (Fsp3) is 0.584. The van der Waals surface area contributed by atoms with Gasteiger partial charge in [-0.3, -0.25) is 0 Å². The van der Waals surface area contributed by atoms with E-state index < -0.39 is 0 Å². The number of rotatable bonds is 30. The van der Waals surface area contributed by atoms with E-state index >= 15 is 0 Å². The van der Waals surface area contributed by atoms with Crippen molar-refractivity contribution in [2.75, 3.05) is 28.2 Å². The van der Waals surface area contributed by atoms with Crippen LogP contribution in [0.4, 0.5) is 0 Å². The van der Waals surface area contributed by atoms with E-state index in [-0.39, 0.29) is 41.6 Å². The third-order valence-electron chi connectivity index (χ3n) is 19.1. The van der Waals surface area contributed by atoms with Crippen molar-refractivity contribution in [1.29, 1.82) is 0 Å². The van der Waals surface area contributed by atoms with Crippen LogP contribution in [-0.2, 0) is 6.42 Å². The molecule has 4 aromatic carbocycles. The van der Waals surface area contributed by atoms with Crippen molar-refractivity contribution < 1.29 is 23.7 Å². The zero-order valence-electron chi connectivity index (χ0n) is 58.1. The molecule has 8 N–H and O–H groups in total. The second kappa shape index (κ2) is 42.7. The summed E-state index contributed by atoms with van der Waals surface area (Å²) in [6, 6.07) is 39.3. The zero-order valence-corrected chi connectivity index (χ0v) is 58.1. The Morgan fingerprint density at radius 2 is 0.891 bits per heavy atom. The van der Waals surface area contributed by atoms with Crippen molar-refractivity contribution in [3.05, 3.63) is 139 Å². The summed E-state index contributed by atoms with van der Waals surface area (Å²) in [4.78, 5) is 27.1. The number of hydrogen-bond acceptors (Lipinski definition) is 15. The molecule has 0 aliphatic heterocycles. The standard InChI is InChI=1S/C42H55N3O3.C31H43N3O2.4CH5N/c1-28(2)13-12-14-29(3)31-24-33-23-30-19-20-32-25-36(21-22-42(32,5)37(30)27-41(33,4)26-31)48-40-44-38(46-34-15-8-6-9-16-34)43-39(45-40)47-35-17-10-7-11-18-35;1-2-3-4-5-6-7-8-9-10-11-12-13-14-21-26-29-32-30(35-27-22-17-15-18-23-27)34-31(33-29)36-28-24-19-16-20-25-28;4*1-2/h6-11,15-18,20,28-31,33,36-37H,12-14,19,21-27H2,1-5H3;15-20,22-25H,2-14,21,26H2,1H3;4*2H2,1H3. The number of nitrogens with zero attached hydrogens (tertiary/aromatic N) is 6. The molecule has 0 radical (unpaired) electrons. The SMILES string of the molecule is CC(C)CCCC(C)C1CC2CC3CC=C4CC(Oc5nc(Oc6ccccc6)nc(Oc6ccccc6)n5)CCC4(C)C3CC2(C)C1.CCCCCCCCCCCCCCCCc1nc(Oc2ccccc2)nc(Oc2ccccc2)n1.CN.CN.CN.CN. The van der Waals surface area contributed by atoms with Gasteiger partial charge in [0.05, 0.1) is 0 Å². The van der Waals surface area contributed by atoms with Gasteiger partial charge in [-0.1, -0.05) is 229 Å². The van der Waals surface area contributed by atoms with E-state index in [1.54, 1.807) is 5.57 Å². The summed E-state index contributed by atoms with van der Waals surface area (Å²) in [5, 5.41) is 0. The van der Waals surface area contributed by atoms with Crippen molar-refractivity contribution >= 4 is 0 Å². The Hall–Kier alpha value is -6.52. The molecule has 2 heterocycles. The number of unbranched alkanes of at least 4 members (excludes halogenated alkanes) is 13. The highest BCUT2D eigenvalue weighted by Gasteiger charge is 2.57. The summed E-state index contributed by atoms with van der Waals surface area (Å²) in [7, 11) is 6.00. The van der Waals surface area contributed by atoms with E-state index in [1.165, 1.54) is 163 Å². The van der Waals surface area contributed by atoms with E-state index in [4.69, 9.17) is 23.7 Å². The predicted octanol–water partition coefficient (Wildman–Crippen LogP) is 19.0. The van der Waals surface area contributed by atoms with Crippen LogP contribution in [0.1, 0.15) is 208 Å². The number of allylic oxidation sites excluding steroid dienone is 1. The van der Waals surface area contributed by atoms with Gasteiger partial charge in [-0.2, -0.15) is 9.97 Å². The van der Waals surface area contributed by atoms with Crippen LogP contribution in [0.3, 0.4) is 0 Å². The first-order valence-corrected chi connectivity index (χ1v) is 35.1. The monoisotopic (exact) mass is 1260 g/mol. The van der Waals surface area contributed by atoms with Gasteiger partial charge in [0.25, 0.3) is 0 Å². The van der Waals surface area contributed by atoms with Crippen molar-refractivity contribution in [2.45, 2.75) is 215 Å². The fourth-order valence-electron chi connectivity index (χ4n) is 14.2. The first kappa shape index (κ1) is 76.2. The molecule has 0 spiro atoms. The minimum Gasteiger partial charge on any atom is -0.460 e. The van der Waals surface area contributed by atoms with Gasteiger partial charge in [-0.15, -0.1) is 19.9 Å². The average molecular weight is 1260 g/mol. The minimum atomic E-state index is 0.00639. The van der Waals surface area contributed by atoms with Gasteiger partial charge in [0.2, 0.25) is 0 Å². The Kier molecular flexibility index (Phi) is 35.3. The molecule has 4 aliphatic carbocycles. The van der Waals surface area contributed by atoms with Crippen LogP contribution < -0.4 is 46.6 Å². The maximum absolute atomic E-state index is 6.56. The molecule has 15 nitrogen and oxygen atoms in total. The normalized spacial score (nSPS) is 21.0. The second-order valence-corrected chi connectivity index (χ2v) is 26.0. The summed E-state index contributed by atoms with van der Waals surface area (Å²) in [5.41, 5.74) is 20.3. The van der Waals surface area contributed by atoms with Gasteiger partial charge >= 0.3 is 30.1 Å². The maximum atomic E-state index is 6.56. The molecule has 3 fully saturated rings. The molecule has 92 heavy (non-hydrogen) atoms. The average Bonchev–Trinajstić information content (AvgIpc) is 1.31. The summed E-state index contributed by atoms with van der Waals surface area (Å²) >= 11 is 0. The number of hydrogen-bond donors (Lipinski definition) is 4. The maximum Gasteiger partial charge on any atom is 0.331 e. The van der Waals surface area contributed by atoms with Crippen molar-refractivity contribution in [1.82, 2.24) is 29.9 Å². The van der Waals surface area contributed by atoms with Crippen LogP contribution in [0.5, 0.6) is 53.1 Å². The van der Waals surface area contributed by atoms with Crippen molar-refractivity contribution in [2.24, 2.45) is 69.3 Å². The number of para-hydroxylation sites is 4. The first-order chi connectivity index (χ1) is 45.0. The van der Waals surface area contributed by atoms with Gasteiger partial charge in [0.15, 0.2) is 0 Å². The third kappa shape index (κ3) is 25.1. The highest BCUT2D eigenvalue weighted by atomic mass is 16.5. The highest BCUT2D eigenvalue weighted by molar-refractivity contribution is 5.30. The quantitative estimate of drug-likeness (QED) is 0.0243. The molecule has 10 rings (SSSR count). The Morgan fingerprint density at radius 1 is 0.478 bits per heavy atom. The van der Waals surface area contributed by atoms with Crippen LogP contribution >= 0.6 is 0 Å². The molecular weight excluding hydrogens is 1140 g/mol. The van der Waals surface area contributed by atoms with E-state index in [0.717, 1.165) is 67.6 Å². The molecule has 3 saturated carbocycles. The highest BCUT2D eigenvalue weighted by Crippen LogP contribution is 2.66. The lowest BCUT2D eigenvalue weighted by molar-refractivity contribution is -0.0274. The van der Waals surface area contributed by atoms with E-state index in [0.29, 0.717) is 34.2 Å². The predicted molar refractivity (Wildman–Crippen MR) is 378 cm³/mol. The van der Waals surface area contributed by atoms with Gasteiger partial charge < -0.3 is 46.6 Å².